The van der Waals surface area contributed by atoms with Gasteiger partial charge in [-0.1, -0.05) is 54.6 Å². The van der Waals surface area contributed by atoms with E-state index in [4.69, 9.17) is 0 Å². The molecule has 1 saturated heterocycles. The number of hydrogen-bond donors (Lipinski definition) is 2. The van der Waals surface area contributed by atoms with E-state index in [0.717, 1.165) is 54.2 Å². The standard InChI is InChI=1S/C15H18N2O.C13H18N4.C3H6/c1-12(2)9-14(11-16-3)17-15(18)10-13-7-5-4-6-8-13;1-10-14-11-4-3-5-12(13(11)15-10)17-8-6-16(2)7-9-17;1-3-2/h4-9,11H,1,10H2,2-3H3,(H,17,18);3-5H,6-9H2,1-2H3,(H,14,15);3H,1H2,2H3/b14-9+,16-11?;;. The molecule has 0 atom stereocenters. The van der Waals surface area contributed by atoms with Crippen molar-refractivity contribution in [2.75, 3.05) is 45.2 Å². The van der Waals surface area contributed by atoms with Crippen LogP contribution in [0.3, 0.4) is 0 Å². The van der Waals surface area contributed by atoms with Gasteiger partial charge in [0.1, 0.15) is 11.3 Å². The van der Waals surface area contributed by atoms with Crippen LogP contribution in [0.4, 0.5) is 5.69 Å². The number of aryl methyl sites for hydroxylation is 1. The van der Waals surface area contributed by atoms with Crippen molar-refractivity contribution in [1.82, 2.24) is 20.2 Å². The predicted octanol–water partition coefficient (Wildman–Crippen LogP) is 5.32. The number of aromatic amines is 1. The lowest BCUT2D eigenvalue weighted by Gasteiger charge is -2.34. The fourth-order valence-corrected chi connectivity index (χ4v) is 3.94. The third-order valence-corrected chi connectivity index (χ3v) is 5.62. The number of allylic oxidation sites excluding steroid dienone is 4. The molecule has 1 aromatic heterocycles. The van der Waals surface area contributed by atoms with Gasteiger partial charge >= 0.3 is 0 Å². The average Bonchev–Trinajstić information content (AvgIpc) is 3.26. The zero-order valence-electron chi connectivity index (χ0n) is 23.5. The molecule has 0 spiro atoms. The lowest BCUT2D eigenvalue weighted by molar-refractivity contribution is -0.119. The number of piperazine rings is 1. The van der Waals surface area contributed by atoms with Crippen LogP contribution in [0, 0.1) is 6.92 Å². The number of anilines is 1. The third kappa shape index (κ3) is 10.2. The summed E-state index contributed by atoms with van der Waals surface area (Å²) in [6.07, 6.45) is 5.50. The van der Waals surface area contributed by atoms with E-state index in [-0.39, 0.29) is 5.91 Å². The highest BCUT2D eigenvalue weighted by atomic mass is 16.1. The minimum atomic E-state index is -0.0615. The van der Waals surface area contributed by atoms with Crippen molar-refractivity contribution in [3.05, 3.63) is 96.5 Å². The molecule has 3 aromatic rings. The summed E-state index contributed by atoms with van der Waals surface area (Å²) in [6, 6.07) is 16.0. The van der Waals surface area contributed by atoms with Crippen molar-refractivity contribution < 1.29 is 4.79 Å². The zero-order valence-corrected chi connectivity index (χ0v) is 23.5. The Kier molecular flexibility index (Phi) is 12.7. The fraction of sp³-hybridized carbons (Fsp3) is 0.323. The van der Waals surface area contributed by atoms with E-state index >= 15 is 0 Å². The molecular formula is C31H42N6O. The lowest BCUT2D eigenvalue weighted by atomic mass is 10.1. The summed E-state index contributed by atoms with van der Waals surface area (Å²) in [7, 11) is 3.84. The topological polar surface area (TPSA) is 76.6 Å². The second-order valence-corrected chi connectivity index (χ2v) is 9.24. The minimum Gasteiger partial charge on any atom is -0.367 e. The molecule has 2 aromatic carbocycles. The molecule has 0 radical (unpaired) electrons. The van der Waals surface area contributed by atoms with Crippen LogP contribution in [0.5, 0.6) is 0 Å². The lowest BCUT2D eigenvalue weighted by Crippen LogP contribution is -2.44. The number of para-hydroxylation sites is 1. The molecule has 2 N–H and O–H groups in total. The van der Waals surface area contributed by atoms with Gasteiger partial charge < -0.3 is 20.1 Å². The van der Waals surface area contributed by atoms with Gasteiger partial charge in [0, 0.05) is 39.4 Å². The molecule has 4 rings (SSSR count). The predicted molar refractivity (Wildman–Crippen MR) is 162 cm³/mol. The van der Waals surface area contributed by atoms with Gasteiger partial charge in [-0.25, -0.2) is 4.98 Å². The third-order valence-electron chi connectivity index (χ3n) is 5.62. The van der Waals surface area contributed by atoms with E-state index in [2.05, 4.69) is 68.5 Å². The van der Waals surface area contributed by atoms with Gasteiger partial charge in [0.05, 0.1) is 23.3 Å². The Morgan fingerprint density at radius 1 is 1.13 bits per heavy atom. The summed E-state index contributed by atoms with van der Waals surface area (Å²) in [6.45, 7) is 17.3. The first-order valence-electron chi connectivity index (χ1n) is 12.9. The Bertz CT molecular complexity index is 1230. The van der Waals surface area contributed by atoms with Crippen LogP contribution < -0.4 is 10.2 Å². The van der Waals surface area contributed by atoms with Crippen LogP contribution in [-0.2, 0) is 11.2 Å². The van der Waals surface area contributed by atoms with Gasteiger partial charge in [-0.05, 0) is 51.6 Å². The van der Waals surface area contributed by atoms with Crippen LogP contribution in [-0.4, -0.2) is 67.3 Å². The SMILES string of the molecule is C=C(C)/C=C(\C=NC)NC(=O)Cc1ccccc1.C=CC.Cc1nc2c(N3CCN(C)CC3)cccc2[nH]1. The number of nitrogens with one attached hydrogen (secondary N) is 2. The molecule has 1 aliphatic rings. The Hall–Kier alpha value is -3.97. The van der Waals surface area contributed by atoms with E-state index in [1.165, 1.54) is 5.69 Å². The number of likely N-dealkylation sites (N-methyl/N-ethyl adjacent to an activating group) is 1. The quantitative estimate of drug-likeness (QED) is 0.265. The number of rotatable bonds is 6. The summed E-state index contributed by atoms with van der Waals surface area (Å²) in [5.41, 5.74) is 6.02. The minimum absolute atomic E-state index is 0.0615. The van der Waals surface area contributed by atoms with Gasteiger partial charge in [0.25, 0.3) is 0 Å². The number of nitrogens with zero attached hydrogens (tertiary/aromatic N) is 4. The van der Waals surface area contributed by atoms with E-state index < -0.39 is 0 Å². The fourth-order valence-electron chi connectivity index (χ4n) is 3.94. The van der Waals surface area contributed by atoms with E-state index in [1.54, 1.807) is 25.4 Å². The van der Waals surface area contributed by atoms with Gasteiger partial charge in [0.15, 0.2) is 0 Å². The smallest absolute Gasteiger partial charge is 0.228 e. The number of H-pyrrole nitrogens is 1. The first-order valence-corrected chi connectivity index (χ1v) is 12.9. The Morgan fingerprint density at radius 3 is 2.39 bits per heavy atom. The summed E-state index contributed by atoms with van der Waals surface area (Å²) in [5, 5.41) is 2.81. The van der Waals surface area contributed by atoms with Crippen LogP contribution >= 0.6 is 0 Å². The Labute approximate surface area is 227 Å². The van der Waals surface area contributed by atoms with Crippen molar-refractivity contribution >= 4 is 28.8 Å². The second-order valence-electron chi connectivity index (χ2n) is 9.24. The number of hydrogen-bond acceptors (Lipinski definition) is 5. The highest BCUT2D eigenvalue weighted by Crippen LogP contribution is 2.25. The maximum atomic E-state index is 11.8. The largest absolute Gasteiger partial charge is 0.367 e. The monoisotopic (exact) mass is 514 g/mol. The molecule has 0 unspecified atom stereocenters. The van der Waals surface area contributed by atoms with Crippen molar-refractivity contribution in [3.8, 4) is 0 Å². The van der Waals surface area contributed by atoms with Crippen LogP contribution in [0.15, 0.2) is 90.1 Å². The summed E-state index contributed by atoms with van der Waals surface area (Å²) < 4.78 is 0. The molecule has 2 heterocycles. The van der Waals surface area contributed by atoms with Gasteiger partial charge in [-0.15, -0.1) is 6.58 Å². The number of carbonyl (C=O) groups excluding carboxylic acids is 1. The molecule has 202 valence electrons. The number of benzene rings is 2. The number of aromatic nitrogens is 2. The van der Waals surface area contributed by atoms with Crippen LogP contribution in [0.25, 0.3) is 11.0 Å². The zero-order chi connectivity index (χ0) is 27.9. The highest BCUT2D eigenvalue weighted by Gasteiger charge is 2.17. The first-order chi connectivity index (χ1) is 18.3. The molecular weight excluding hydrogens is 472 g/mol. The number of amides is 1. The van der Waals surface area contributed by atoms with Crippen molar-refractivity contribution in [2.24, 2.45) is 4.99 Å². The summed E-state index contributed by atoms with van der Waals surface area (Å²) in [5.74, 6) is 0.926. The maximum Gasteiger partial charge on any atom is 0.228 e. The summed E-state index contributed by atoms with van der Waals surface area (Å²) in [4.78, 5) is 28.4. The molecule has 0 bridgehead atoms. The van der Waals surface area contributed by atoms with Crippen molar-refractivity contribution in [2.45, 2.75) is 27.2 Å². The number of fused-ring (bicyclic) bond motifs is 1. The molecule has 0 aliphatic carbocycles. The average molecular weight is 515 g/mol. The molecule has 1 aliphatic heterocycles. The molecule has 1 amide bonds. The van der Waals surface area contributed by atoms with Crippen LogP contribution in [0.2, 0.25) is 0 Å². The molecule has 7 nitrogen and oxygen atoms in total. The Morgan fingerprint density at radius 2 is 1.79 bits per heavy atom. The second kappa shape index (κ2) is 16.0. The highest BCUT2D eigenvalue weighted by molar-refractivity contribution is 5.89. The van der Waals surface area contributed by atoms with Gasteiger partial charge in [0.2, 0.25) is 5.91 Å². The Balaban J connectivity index is 0.000000242. The summed E-state index contributed by atoms with van der Waals surface area (Å²) >= 11 is 0. The molecule has 1 fully saturated rings. The van der Waals surface area contributed by atoms with Crippen LogP contribution in [0.1, 0.15) is 25.2 Å². The van der Waals surface area contributed by atoms with Gasteiger partial charge in [-0.3, -0.25) is 9.79 Å². The normalized spacial score (nSPS) is 13.8. The number of aliphatic imine (C=N–C) groups is 1. The van der Waals surface area contributed by atoms with Crippen molar-refractivity contribution in [3.63, 3.8) is 0 Å². The molecule has 0 saturated carbocycles. The van der Waals surface area contributed by atoms with Gasteiger partial charge in [-0.2, -0.15) is 0 Å². The molecule has 38 heavy (non-hydrogen) atoms. The number of carbonyl (C=O) groups is 1. The van der Waals surface area contributed by atoms with E-state index in [1.807, 2.05) is 51.1 Å². The van der Waals surface area contributed by atoms with Crippen molar-refractivity contribution in [1.29, 1.82) is 0 Å². The van der Waals surface area contributed by atoms with E-state index in [0.29, 0.717) is 12.1 Å². The van der Waals surface area contributed by atoms with E-state index in [9.17, 15) is 4.79 Å². The molecule has 7 heteroatoms. The number of imidazole rings is 1. The maximum absolute atomic E-state index is 11.8. The first kappa shape index (κ1) is 30.3.